The Morgan fingerprint density at radius 3 is 2.48 bits per heavy atom. The molecule has 5 nitrogen and oxygen atoms in total. The van der Waals surface area contributed by atoms with Crippen LogP contribution in [0, 0.1) is 25.6 Å². The highest BCUT2D eigenvalue weighted by Crippen LogP contribution is 2.27. The van der Waals surface area contributed by atoms with Gasteiger partial charge >= 0.3 is 5.97 Å². The Balaban J connectivity index is 1.59. The third-order valence-corrected chi connectivity index (χ3v) is 7.57. The van der Waals surface area contributed by atoms with Crippen molar-refractivity contribution in [3.05, 3.63) is 63.9 Å². The average Bonchev–Trinajstić information content (AvgIpc) is 2.69. The first-order valence-corrected chi connectivity index (χ1v) is 11.2. The van der Waals surface area contributed by atoms with Crippen molar-refractivity contribution in [2.75, 3.05) is 13.1 Å². The molecule has 0 unspecified atom stereocenters. The lowest BCUT2D eigenvalue weighted by molar-refractivity contribution is -0.151. The van der Waals surface area contributed by atoms with Gasteiger partial charge in [0.15, 0.2) is 0 Å². The normalized spacial score (nSPS) is 16.0. The van der Waals surface area contributed by atoms with Gasteiger partial charge in [0, 0.05) is 18.7 Å². The Labute approximate surface area is 175 Å². The molecule has 3 rings (SSSR count). The maximum absolute atomic E-state index is 13.8. The highest BCUT2D eigenvalue weighted by Gasteiger charge is 2.33. The Bertz CT molecular complexity index is 997. The minimum atomic E-state index is -3.60. The van der Waals surface area contributed by atoms with Crippen molar-refractivity contribution in [1.29, 1.82) is 0 Å². The number of piperidine rings is 1. The van der Waals surface area contributed by atoms with Crippen molar-refractivity contribution in [3.8, 4) is 0 Å². The SMILES string of the molecule is Cc1ccc(S(=O)(=O)N2CCC(C(=O)OCc3c(F)cccc3Cl)CC2)cc1C. The van der Waals surface area contributed by atoms with E-state index >= 15 is 0 Å². The molecule has 29 heavy (non-hydrogen) atoms. The van der Waals surface area contributed by atoms with Crippen LogP contribution in [0.1, 0.15) is 29.5 Å². The number of hydrogen-bond acceptors (Lipinski definition) is 4. The van der Waals surface area contributed by atoms with Gasteiger partial charge in [-0.05, 0) is 62.1 Å². The quantitative estimate of drug-likeness (QED) is 0.653. The van der Waals surface area contributed by atoms with Crippen molar-refractivity contribution in [2.24, 2.45) is 5.92 Å². The minimum absolute atomic E-state index is 0.136. The Hall–Kier alpha value is -1.96. The first-order chi connectivity index (χ1) is 13.7. The van der Waals surface area contributed by atoms with Gasteiger partial charge in [-0.25, -0.2) is 12.8 Å². The number of benzene rings is 2. The van der Waals surface area contributed by atoms with E-state index in [1.54, 1.807) is 18.2 Å². The summed E-state index contributed by atoms with van der Waals surface area (Å²) in [5.41, 5.74) is 2.08. The number of aryl methyl sites for hydroxylation is 2. The molecule has 0 bridgehead atoms. The monoisotopic (exact) mass is 439 g/mol. The lowest BCUT2D eigenvalue weighted by atomic mass is 9.98. The first-order valence-electron chi connectivity index (χ1n) is 9.37. The molecule has 0 saturated carbocycles. The fourth-order valence-electron chi connectivity index (χ4n) is 3.29. The van der Waals surface area contributed by atoms with Crippen LogP contribution < -0.4 is 0 Å². The molecule has 1 heterocycles. The van der Waals surface area contributed by atoms with Gasteiger partial charge in [0.2, 0.25) is 10.0 Å². The van der Waals surface area contributed by atoms with Crippen LogP contribution in [-0.2, 0) is 26.2 Å². The summed E-state index contributed by atoms with van der Waals surface area (Å²) < 4.78 is 46.2. The van der Waals surface area contributed by atoms with Crippen LogP contribution in [0.2, 0.25) is 5.02 Å². The molecule has 156 valence electrons. The van der Waals surface area contributed by atoms with Gasteiger partial charge in [-0.3, -0.25) is 4.79 Å². The topological polar surface area (TPSA) is 63.7 Å². The van der Waals surface area contributed by atoms with E-state index in [0.717, 1.165) is 11.1 Å². The Kier molecular flexibility index (Phi) is 6.61. The summed E-state index contributed by atoms with van der Waals surface area (Å²) >= 11 is 5.94. The largest absolute Gasteiger partial charge is 0.460 e. The van der Waals surface area contributed by atoms with Crippen LogP contribution in [0.5, 0.6) is 0 Å². The molecule has 1 fully saturated rings. The zero-order valence-electron chi connectivity index (χ0n) is 16.3. The second kappa shape index (κ2) is 8.81. The number of halogens is 2. The highest BCUT2D eigenvalue weighted by atomic mass is 35.5. The summed E-state index contributed by atoms with van der Waals surface area (Å²) in [5, 5.41) is 0.201. The minimum Gasteiger partial charge on any atom is -0.460 e. The van der Waals surface area contributed by atoms with Gasteiger partial charge in [0.25, 0.3) is 0 Å². The standard InChI is InChI=1S/C21H23ClFNO4S/c1-14-6-7-17(12-15(14)2)29(26,27)24-10-8-16(9-11-24)21(25)28-13-18-19(22)4-3-5-20(18)23/h3-7,12,16H,8-11,13H2,1-2H3. The third-order valence-electron chi connectivity index (χ3n) is 5.32. The van der Waals surface area contributed by atoms with Gasteiger partial charge < -0.3 is 4.74 Å². The lowest BCUT2D eigenvalue weighted by Gasteiger charge is -2.30. The van der Waals surface area contributed by atoms with E-state index in [4.69, 9.17) is 16.3 Å². The zero-order chi connectivity index (χ0) is 21.2. The van der Waals surface area contributed by atoms with E-state index in [-0.39, 0.29) is 35.2 Å². The molecule has 0 aliphatic carbocycles. The Morgan fingerprint density at radius 2 is 1.86 bits per heavy atom. The van der Waals surface area contributed by atoms with Crippen LogP contribution in [-0.4, -0.2) is 31.8 Å². The van der Waals surface area contributed by atoms with E-state index in [2.05, 4.69) is 0 Å². The van der Waals surface area contributed by atoms with Crippen LogP contribution >= 0.6 is 11.6 Å². The predicted octanol–water partition coefficient (Wildman–Crippen LogP) is 4.24. The highest BCUT2D eigenvalue weighted by molar-refractivity contribution is 7.89. The van der Waals surface area contributed by atoms with Crippen molar-refractivity contribution in [2.45, 2.75) is 38.2 Å². The summed E-state index contributed by atoms with van der Waals surface area (Å²) in [6, 6.07) is 9.34. The molecule has 2 aromatic carbocycles. The van der Waals surface area contributed by atoms with Crippen LogP contribution in [0.15, 0.2) is 41.3 Å². The summed E-state index contributed by atoms with van der Waals surface area (Å²) in [5.74, 6) is -1.42. The van der Waals surface area contributed by atoms with Gasteiger partial charge in [0.05, 0.1) is 15.8 Å². The molecule has 0 spiro atoms. The summed E-state index contributed by atoms with van der Waals surface area (Å²) in [7, 11) is -3.60. The molecule has 0 radical (unpaired) electrons. The van der Waals surface area contributed by atoms with E-state index < -0.39 is 27.7 Å². The number of nitrogens with zero attached hydrogens (tertiary/aromatic N) is 1. The van der Waals surface area contributed by atoms with Crippen LogP contribution in [0.3, 0.4) is 0 Å². The summed E-state index contributed by atoms with van der Waals surface area (Å²) in [6.45, 7) is 4.02. The molecule has 0 atom stereocenters. The number of sulfonamides is 1. The number of rotatable bonds is 5. The molecule has 1 aliphatic rings. The lowest BCUT2D eigenvalue weighted by Crippen LogP contribution is -2.40. The van der Waals surface area contributed by atoms with Gasteiger partial charge in [-0.1, -0.05) is 23.7 Å². The van der Waals surface area contributed by atoms with E-state index in [9.17, 15) is 17.6 Å². The molecule has 0 amide bonds. The van der Waals surface area contributed by atoms with Crippen molar-refractivity contribution < 1.29 is 22.3 Å². The predicted molar refractivity (Wildman–Crippen MR) is 109 cm³/mol. The van der Waals surface area contributed by atoms with E-state index in [1.807, 2.05) is 13.8 Å². The molecule has 1 saturated heterocycles. The van der Waals surface area contributed by atoms with Gasteiger partial charge in [-0.15, -0.1) is 0 Å². The Morgan fingerprint density at radius 1 is 1.17 bits per heavy atom. The second-order valence-corrected chi connectivity index (χ2v) is 9.58. The number of esters is 1. The first kappa shape index (κ1) is 21.7. The maximum Gasteiger partial charge on any atom is 0.309 e. The summed E-state index contributed by atoms with van der Waals surface area (Å²) in [6.07, 6.45) is 0.710. The van der Waals surface area contributed by atoms with Crippen molar-refractivity contribution in [3.63, 3.8) is 0 Å². The fraction of sp³-hybridized carbons (Fsp3) is 0.381. The number of ether oxygens (including phenoxy) is 1. The second-order valence-electron chi connectivity index (χ2n) is 7.23. The zero-order valence-corrected chi connectivity index (χ0v) is 17.9. The third kappa shape index (κ3) is 4.79. The smallest absolute Gasteiger partial charge is 0.309 e. The average molecular weight is 440 g/mol. The van der Waals surface area contributed by atoms with Gasteiger partial charge in [-0.2, -0.15) is 4.31 Å². The number of carbonyl (C=O) groups excluding carboxylic acids is 1. The summed E-state index contributed by atoms with van der Waals surface area (Å²) in [4.78, 5) is 12.6. The van der Waals surface area contributed by atoms with Crippen molar-refractivity contribution in [1.82, 2.24) is 4.31 Å². The molecular formula is C21H23ClFNO4S. The van der Waals surface area contributed by atoms with Crippen molar-refractivity contribution >= 4 is 27.6 Å². The van der Waals surface area contributed by atoms with E-state index in [1.165, 1.54) is 22.5 Å². The molecule has 0 aromatic heterocycles. The van der Waals surface area contributed by atoms with Crippen LogP contribution in [0.25, 0.3) is 0 Å². The number of hydrogen-bond donors (Lipinski definition) is 0. The molecule has 1 aliphatic heterocycles. The maximum atomic E-state index is 13.8. The molecule has 8 heteroatoms. The number of carbonyl (C=O) groups is 1. The molecule has 0 N–H and O–H groups in total. The molecular weight excluding hydrogens is 417 g/mol. The fourth-order valence-corrected chi connectivity index (χ4v) is 5.06. The van der Waals surface area contributed by atoms with Gasteiger partial charge in [0.1, 0.15) is 12.4 Å². The molecule has 2 aromatic rings. The van der Waals surface area contributed by atoms with Crippen LogP contribution in [0.4, 0.5) is 4.39 Å². The van der Waals surface area contributed by atoms with E-state index in [0.29, 0.717) is 12.8 Å².